The van der Waals surface area contributed by atoms with Crippen molar-refractivity contribution in [2.45, 2.75) is 6.54 Å². The molecular weight excluding hydrogens is 335 g/mol. The molecule has 1 aromatic heterocycles. The van der Waals surface area contributed by atoms with Gasteiger partial charge in [0.2, 0.25) is 0 Å². The molecule has 7 heteroatoms. The highest BCUT2D eigenvalue weighted by atomic mass is 35.5. The minimum atomic E-state index is 0.459. The zero-order chi connectivity index (χ0) is 16.2. The van der Waals surface area contributed by atoms with Crippen LogP contribution < -0.4 is 10.1 Å². The van der Waals surface area contributed by atoms with Crippen LogP contribution in [0.5, 0.6) is 11.5 Å². The smallest absolute Gasteiger partial charge is 0.132 e. The maximum absolute atomic E-state index is 6.03. The Kier molecular flexibility index (Phi) is 4.81. The minimum Gasteiger partial charge on any atom is -0.457 e. The zero-order valence-electron chi connectivity index (χ0n) is 12.3. The van der Waals surface area contributed by atoms with Crippen LogP contribution in [0, 0.1) is 0 Å². The molecule has 1 heterocycles. The van der Waals surface area contributed by atoms with Gasteiger partial charge >= 0.3 is 0 Å². The molecule has 3 aromatic rings. The highest BCUT2D eigenvalue weighted by molar-refractivity contribution is 6.42. The van der Waals surface area contributed by atoms with E-state index in [0.717, 1.165) is 17.0 Å². The van der Waals surface area contributed by atoms with Gasteiger partial charge in [0.25, 0.3) is 0 Å². The number of nitrogens with zero attached hydrogens (tertiary/aromatic N) is 3. The van der Waals surface area contributed by atoms with Crippen molar-refractivity contribution in [1.29, 1.82) is 0 Å². The van der Waals surface area contributed by atoms with Crippen LogP contribution in [-0.2, 0) is 6.54 Å². The summed E-state index contributed by atoms with van der Waals surface area (Å²) in [5.74, 6) is 1.38. The van der Waals surface area contributed by atoms with Crippen molar-refractivity contribution < 1.29 is 4.74 Å². The number of rotatable bonds is 5. The lowest BCUT2D eigenvalue weighted by Crippen LogP contribution is -2.07. The van der Waals surface area contributed by atoms with E-state index in [1.807, 2.05) is 29.8 Å². The van der Waals surface area contributed by atoms with Crippen molar-refractivity contribution in [2.75, 3.05) is 7.05 Å². The molecule has 0 saturated heterocycles. The van der Waals surface area contributed by atoms with Gasteiger partial charge in [-0.15, -0.1) is 10.2 Å². The monoisotopic (exact) mass is 348 g/mol. The van der Waals surface area contributed by atoms with Crippen LogP contribution in [0.25, 0.3) is 5.69 Å². The largest absolute Gasteiger partial charge is 0.457 e. The molecule has 3 rings (SSSR count). The van der Waals surface area contributed by atoms with Gasteiger partial charge in [-0.25, -0.2) is 0 Å². The van der Waals surface area contributed by atoms with Crippen molar-refractivity contribution in [3.8, 4) is 17.2 Å². The Bertz CT molecular complexity index is 806. The number of nitrogens with one attached hydrogen (secondary N) is 1. The van der Waals surface area contributed by atoms with E-state index in [9.17, 15) is 0 Å². The molecule has 0 saturated carbocycles. The number of hydrogen-bond donors (Lipinski definition) is 1. The van der Waals surface area contributed by atoms with Gasteiger partial charge in [-0.05, 0) is 37.4 Å². The molecule has 0 radical (unpaired) electrons. The molecule has 0 unspecified atom stereocenters. The fraction of sp³-hybridized carbons (Fsp3) is 0.125. The van der Waals surface area contributed by atoms with Gasteiger partial charge in [0, 0.05) is 23.9 Å². The summed E-state index contributed by atoms with van der Waals surface area (Å²) in [6.45, 7) is 0.659. The number of ether oxygens (including phenoxy) is 1. The normalized spacial score (nSPS) is 10.7. The van der Waals surface area contributed by atoms with E-state index in [1.165, 1.54) is 0 Å². The van der Waals surface area contributed by atoms with E-state index in [4.69, 9.17) is 27.9 Å². The Hall–Kier alpha value is -2.08. The maximum Gasteiger partial charge on any atom is 0.132 e. The van der Waals surface area contributed by atoms with Crippen LogP contribution in [0.3, 0.4) is 0 Å². The first kappa shape index (κ1) is 15.8. The highest BCUT2D eigenvalue weighted by Crippen LogP contribution is 2.31. The first-order valence-electron chi connectivity index (χ1n) is 6.93. The quantitative estimate of drug-likeness (QED) is 0.754. The maximum atomic E-state index is 6.03. The number of halogens is 2. The third-order valence-corrected chi connectivity index (χ3v) is 3.99. The van der Waals surface area contributed by atoms with E-state index in [0.29, 0.717) is 22.3 Å². The van der Waals surface area contributed by atoms with Crippen molar-refractivity contribution in [2.24, 2.45) is 0 Å². The molecule has 2 aromatic carbocycles. The summed E-state index contributed by atoms with van der Waals surface area (Å²) in [6, 6.07) is 11.1. The van der Waals surface area contributed by atoms with Crippen LogP contribution in [0.2, 0.25) is 10.0 Å². The molecule has 0 aliphatic carbocycles. The van der Waals surface area contributed by atoms with Gasteiger partial charge in [-0.1, -0.05) is 23.2 Å². The van der Waals surface area contributed by atoms with Gasteiger partial charge < -0.3 is 10.1 Å². The molecule has 0 atom stereocenters. The van der Waals surface area contributed by atoms with E-state index in [-0.39, 0.29) is 0 Å². The lowest BCUT2D eigenvalue weighted by molar-refractivity contribution is 0.474. The fourth-order valence-electron chi connectivity index (χ4n) is 2.16. The molecule has 23 heavy (non-hydrogen) atoms. The molecule has 0 spiro atoms. The molecule has 0 fully saturated rings. The van der Waals surface area contributed by atoms with Crippen LogP contribution >= 0.6 is 23.2 Å². The second-order valence-corrected chi connectivity index (χ2v) is 5.68. The van der Waals surface area contributed by atoms with Crippen molar-refractivity contribution in [3.63, 3.8) is 0 Å². The Morgan fingerprint density at radius 2 is 1.83 bits per heavy atom. The third kappa shape index (κ3) is 3.64. The van der Waals surface area contributed by atoms with E-state index < -0.39 is 0 Å². The van der Waals surface area contributed by atoms with Crippen LogP contribution in [-0.4, -0.2) is 21.8 Å². The van der Waals surface area contributed by atoms with Crippen molar-refractivity contribution in [3.05, 3.63) is 64.7 Å². The SMILES string of the molecule is CNCc1cc(-n2cnnc2)ccc1Oc1ccc(Cl)c(Cl)c1. The molecule has 5 nitrogen and oxygen atoms in total. The summed E-state index contributed by atoms with van der Waals surface area (Å²) in [5, 5.41) is 11.7. The predicted molar refractivity (Wildman–Crippen MR) is 90.7 cm³/mol. The zero-order valence-corrected chi connectivity index (χ0v) is 13.8. The van der Waals surface area contributed by atoms with E-state index in [2.05, 4.69) is 15.5 Å². The minimum absolute atomic E-state index is 0.459. The lowest BCUT2D eigenvalue weighted by Gasteiger charge is -2.13. The molecule has 0 aliphatic heterocycles. The Balaban J connectivity index is 1.93. The molecular formula is C16H14Cl2N4O. The van der Waals surface area contributed by atoms with Gasteiger partial charge in [-0.2, -0.15) is 0 Å². The average Bonchev–Trinajstić information content (AvgIpc) is 3.07. The lowest BCUT2D eigenvalue weighted by atomic mass is 10.1. The van der Waals surface area contributed by atoms with Gasteiger partial charge in [-0.3, -0.25) is 4.57 Å². The first-order chi connectivity index (χ1) is 11.2. The van der Waals surface area contributed by atoms with Crippen molar-refractivity contribution >= 4 is 23.2 Å². The van der Waals surface area contributed by atoms with E-state index >= 15 is 0 Å². The second-order valence-electron chi connectivity index (χ2n) is 4.87. The number of aromatic nitrogens is 3. The summed E-state index contributed by atoms with van der Waals surface area (Å²) in [7, 11) is 1.88. The van der Waals surface area contributed by atoms with Crippen molar-refractivity contribution in [1.82, 2.24) is 20.1 Å². The number of benzene rings is 2. The average molecular weight is 349 g/mol. The second kappa shape index (κ2) is 7.00. The Labute approximate surface area is 143 Å². The van der Waals surface area contributed by atoms with Gasteiger partial charge in [0.15, 0.2) is 0 Å². The fourth-order valence-corrected chi connectivity index (χ4v) is 2.44. The summed E-state index contributed by atoms with van der Waals surface area (Å²) in [4.78, 5) is 0. The molecule has 0 bridgehead atoms. The Morgan fingerprint density at radius 1 is 1.04 bits per heavy atom. The van der Waals surface area contributed by atoms with Gasteiger partial charge in [0.1, 0.15) is 24.2 Å². The predicted octanol–water partition coefficient (Wildman–Crippen LogP) is 4.09. The summed E-state index contributed by atoms with van der Waals surface area (Å²) < 4.78 is 7.78. The summed E-state index contributed by atoms with van der Waals surface area (Å²) in [5.41, 5.74) is 1.96. The number of hydrogen-bond acceptors (Lipinski definition) is 4. The van der Waals surface area contributed by atoms with Crippen LogP contribution in [0.4, 0.5) is 0 Å². The van der Waals surface area contributed by atoms with Crippen LogP contribution in [0.15, 0.2) is 49.1 Å². The highest BCUT2D eigenvalue weighted by Gasteiger charge is 2.09. The third-order valence-electron chi connectivity index (χ3n) is 3.25. The topological polar surface area (TPSA) is 52.0 Å². The molecule has 118 valence electrons. The summed E-state index contributed by atoms with van der Waals surface area (Å²) >= 11 is 12.0. The Morgan fingerprint density at radius 3 is 2.52 bits per heavy atom. The van der Waals surface area contributed by atoms with E-state index in [1.54, 1.807) is 30.9 Å². The summed E-state index contributed by atoms with van der Waals surface area (Å²) in [6.07, 6.45) is 3.30. The van der Waals surface area contributed by atoms with Gasteiger partial charge in [0.05, 0.1) is 10.0 Å². The molecule has 0 amide bonds. The standard InChI is InChI=1S/C16H14Cl2N4O/c1-19-8-11-6-12(22-9-20-21-10-22)2-5-16(11)23-13-3-4-14(17)15(18)7-13/h2-7,9-10,19H,8H2,1H3. The molecule has 1 N–H and O–H groups in total. The van der Waals surface area contributed by atoms with Crippen LogP contribution in [0.1, 0.15) is 5.56 Å². The first-order valence-corrected chi connectivity index (χ1v) is 7.68. The molecule has 0 aliphatic rings.